The van der Waals surface area contributed by atoms with Gasteiger partial charge in [-0.2, -0.15) is 4.98 Å². The van der Waals surface area contributed by atoms with Gasteiger partial charge in [0.1, 0.15) is 5.75 Å². The van der Waals surface area contributed by atoms with Gasteiger partial charge in [-0.3, -0.25) is 0 Å². The number of benzene rings is 2. The van der Waals surface area contributed by atoms with Gasteiger partial charge < -0.3 is 10.1 Å². The molecule has 3 aromatic rings. The van der Waals surface area contributed by atoms with Gasteiger partial charge in [-0.05, 0) is 30.3 Å². The number of halogens is 1. The lowest BCUT2D eigenvalue weighted by Gasteiger charge is -2.06. The molecule has 0 unspecified atom stereocenters. The van der Waals surface area contributed by atoms with Crippen molar-refractivity contribution in [3.05, 3.63) is 69.6 Å². The van der Waals surface area contributed by atoms with Crippen LogP contribution in [0.3, 0.4) is 0 Å². The second kappa shape index (κ2) is 5.54. The molecule has 0 aliphatic rings. The Bertz CT molecular complexity index is 841. The van der Waals surface area contributed by atoms with Crippen LogP contribution < -0.4 is 5.69 Å². The maximum Gasteiger partial charge on any atom is 0.345 e. The molecule has 3 rings (SSSR count). The normalized spacial score (nSPS) is 10.5. The number of nitrogens with one attached hydrogen (secondary N) is 1. The van der Waals surface area contributed by atoms with Gasteiger partial charge in [0.05, 0.1) is 11.4 Å². The van der Waals surface area contributed by atoms with Crippen LogP contribution in [0.5, 0.6) is 5.75 Å². The zero-order valence-corrected chi connectivity index (χ0v) is 12.5. The van der Waals surface area contributed by atoms with Crippen LogP contribution in [0.4, 0.5) is 0 Å². The number of hydrogen-bond acceptors (Lipinski definition) is 3. The van der Waals surface area contributed by atoms with Crippen molar-refractivity contribution in [2.45, 2.75) is 0 Å². The smallest absolute Gasteiger partial charge is 0.345 e. The second-order valence-electron chi connectivity index (χ2n) is 4.51. The highest BCUT2D eigenvalue weighted by molar-refractivity contribution is 9.10. The molecule has 0 aliphatic heterocycles. The van der Waals surface area contributed by atoms with Gasteiger partial charge in [0.15, 0.2) is 0 Å². The zero-order valence-electron chi connectivity index (χ0n) is 10.9. The maximum atomic E-state index is 11.8. The van der Waals surface area contributed by atoms with Gasteiger partial charge in [-0.15, -0.1) is 0 Å². The molecule has 0 radical (unpaired) electrons. The number of phenols is 1. The van der Waals surface area contributed by atoms with Crippen molar-refractivity contribution in [2.24, 2.45) is 0 Å². The van der Waals surface area contributed by atoms with E-state index in [1.54, 1.807) is 30.3 Å². The van der Waals surface area contributed by atoms with Crippen molar-refractivity contribution < 1.29 is 5.11 Å². The van der Waals surface area contributed by atoms with E-state index in [-0.39, 0.29) is 5.75 Å². The molecular formula is C16H11BrN2O2. The molecule has 0 aliphatic carbocycles. The topological polar surface area (TPSA) is 66.0 Å². The number of phenolic OH excluding ortho intramolecular Hbond substituents is 1. The fourth-order valence-corrected chi connectivity index (χ4v) is 2.34. The first kappa shape index (κ1) is 13.6. The van der Waals surface area contributed by atoms with Gasteiger partial charge in [0.25, 0.3) is 0 Å². The monoisotopic (exact) mass is 342 g/mol. The van der Waals surface area contributed by atoms with Crippen molar-refractivity contribution in [2.75, 3.05) is 0 Å². The Morgan fingerprint density at radius 1 is 1.05 bits per heavy atom. The number of H-pyrrole nitrogens is 1. The predicted molar refractivity (Wildman–Crippen MR) is 85.1 cm³/mol. The summed E-state index contributed by atoms with van der Waals surface area (Å²) in [5.41, 5.74) is 2.04. The van der Waals surface area contributed by atoms with E-state index in [0.29, 0.717) is 17.0 Å². The van der Waals surface area contributed by atoms with Crippen molar-refractivity contribution in [1.29, 1.82) is 0 Å². The van der Waals surface area contributed by atoms with Gasteiger partial charge in [-0.25, -0.2) is 4.79 Å². The van der Waals surface area contributed by atoms with E-state index in [0.717, 1.165) is 10.0 Å². The van der Waals surface area contributed by atoms with Crippen molar-refractivity contribution in [3.8, 4) is 28.3 Å². The highest BCUT2D eigenvalue weighted by atomic mass is 79.9. The third-order valence-corrected chi connectivity index (χ3v) is 3.61. The Labute approximate surface area is 129 Å². The molecule has 1 aromatic heterocycles. The molecular weight excluding hydrogens is 332 g/mol. The van der Waals surface area contributed by atoms with E-state index in [1.165, 1.54) is 0 Å². The Morgan fingerprint density at radius 3 is 2.48 bits per heavy atom. The molecule has 104 valence electrons. The minimum atomic E-state index is -0.450. The molecule has 5 heteroatoms. The summed E-state index contributed by atoms with van der Waals surface area (Å²) in [4.78, 5) is 18.4. The quantitative estimate of drug-likeness (QED) is 0.748. The third-order valence-electron chi connectivity index (χ3n) is 3.08. The number of aromatic hydroxyl groups is 1. The second-order valence-corrected chi connectivity index (χ2v) is 5.42. The highest BCUT2D eigenvalue weighted by Gasteiger charge is 2.08. The minimum Gasteiger partial charge on any atom is -0.507 e. The summed E-state index contributed by atoms with van der Waals surface area (Å²) < 4.78 is 0.956. The first-order chi connectivity index (χ1) is 10.1. The minimum absolute atomic E-state index is 0.112. The fourth-order valence-electron chi connectivity index (χ4n) is 2.07. The summed E-state index contributed by atoms with van der Waals surface area (Å²) in [5, 5.41) is 9.90. The maximum absolute atomic E-state index is 11.8. The van der Waals surface area contributed by atoms with Crippen LogP contribution in [-0.2, 0) is 0 Å². The Kier molecular flexibility index (Phi) is 3.58. The van der Waals surface area contributed by atoms with E-state index < -0.39 is 5.69 Å². The molecule has 0 atom stereocenters. The molecule has 0 saturated carbocycles. The number of aromatic nitrogens is 2. The zero-order chi connectivity index (χ0) is 14.8. The van der Waals surface area contributed by atoms with Crippen LogP contribution in [0, 0.1) is 0 Å². The molecule has 0 bridgehead atoms. The molecule has 0 spiro atoms. The largest absolute Gasteiger partial charge is 0.507 e. The number of nitrogens with zero attached hydrogens (tertiary/aromatic N) is 1. The predicted octanol–water partition coefficient (Wildman–Crippen LogP) is 3.57. The number of rotatable bonds is 2. The third kappa shape index (κ3) is 2.87. The van der Waals surface area contributed by atoms with Crippen LogP contribution in [0.15, 0.2) is 63.9 Å². The summed E-state index contributed by atoms with van der Waals surface area (Å²) in [7, 11) is 0. The van der Waals surface area contributed by atoms with Crippen LogP contribution >= 0.6 is 15.9 Å². The van der Waals surface area contributed by atoms with Crippen LogP contribution in [0.2, 0.25) is 0 Å². The van der Waals surface area contributed by atoms with Crippen LogP contribution in [-0.4, -0.2) is 15.1 Å². The molecule has 0 fully saturated rings. The van der Waals surface area contributed by atoms with Gasteiger partial charge >= 0.3 is 5.69 Å². The molecule has 2 N–H and O–H groups in total. The SMILES string of the molecule is O=c1nc(-c2ccc(Br)cc2)cc(-c2ccccc2O)[nH]1. The number of para-hydroxylation sites is 1. The van der Waals surface area contributed by atoms with Crippen LogP contribution in [0.25, 0.3) is 22.5 Å². The van der Waals surface area contributed by atoms with E-state index >= 15 is 0 Å². The lowest BCUT2D eigenvalue weighted by atomic mass is 10.1. The number of hydrogen-bond donors (Lipinski definition) is 2. The first-order valence-corrected chi connectivity index (χ1v) is 7.08. The first-order valence-electron chi connectivity index (χ1n) is 6.29. The van der Waals surface area contributed by atoms with Crippen molar-refractivity contribution in [3.63, 3.8) is 0 Å². The number of aromatic amines is 1. The Morgan fingerprint density at radius 2 is 1.76 bits per heavy atom. The van der Waals surface area contributed by atoms with E-state index in [2.05, 4.69) is 25.9 Å². The fraction of sp³-hybridized carbons (Fsp3) is 0. The van der Waals surface area contributed by atoms with Crippen molar-refractivity contribution >= 4 is 15.9 Å². The van der Waals surface area contributed by atoms with E-state index in [9.17, 15) is 9.90 Å². The summed E-state index contributed by atoms with van der Waals surface area (Å²) in [5.74, 6) is 0.112. The summed E-state index contributed by atoms with van der Waals surface area (Å²) in [6.07, 6.45) is 0. The Balaban J connectivity index is 2.15. The summed E-state index contributed by atoms with van der Waals surface area (Å²) in [6, 6.07) is 16.1. The standard InChI is InChI=1S/C16H11BrN2O2/c17-11-7-5-10(6-8-11)13-9-14(19-16(21)18-13)12-3-1-2-4-15(12)20/h1-9,20H,(H,18,19,21). The lowest BCUT2D eigenvalue weighted by Crippen LogP contribution is -2.11. The van der Waals surface area contributed by atoms with Crippen molar-refractivity contribution in [1.82, 2.24) is 9.97 Å². The summed E-state index contributed by atoms with van der Waals surface area (Å²) in [6.45, 7) is 0. The lowest BCUT2D eigenvalue weighted by molar-refractivity contribution is 0.477. The molecule has 1 heterocycles. The molecule has 2 aromatic carbocycles. The highest BCUT2D eigenvalue weighted by Crippen LogP contribution is 2.28. The van der Waals surface area contributed by atoms with E-state index in [1.807, 2.05) is 24.3 Å². The molecule has 0 saturated heterocycles. The summed E-state index contributed by atoms with van der Waals surface area (Å²) >= 11 is 3.37. The average Bonchev–Trinajstić information content (AvgIpc) is 2.48. The van der Waals surface area contributed by atoms with Gasteiger partial charge in [0.2, 0.25) is 0 Å². The van der Waals surface area contributed by atoms with Crippen LogP contribution in [0.1, 0.15) is 0 Å². The molecule has 4 nitrogen and oxygen atoms in total. The average molecular weight is 343 g/mol. The van der Waals surface area contributed by atoms with Gasteiger partial charge in [-0.1, -0.05) is 40.2 Å². The Hall–Kier alpha value is -2.40. The molecule has 21 heavy (non-hydrogen) atoms. The molecule has 0 amide bonds. The van der Waals surface area contributed by atoms with Gasteiger partial charge in [0, 0.05) is 15.6 Å². The van der Waals surface area contributed by atoms with E-state index in [4.69, 9.17) is 0 Å².